The number of benzene rings is 1. The van der Waals surface area contributed by atoms with E-state index in [-0.39, 0.29) is 0 Å². The fraction of sp³-hybridized carbons (Fsp3) is 0.286. The molecule has 0 aliphatic rings. The van der Waals surface area contributed by atoms with E-state index in [2.05, 4.69) is 56.4 Å². The third kappa shape index (κ3) is 2.64. The van der Waals surface area contributed by atoms with Gasteiger partial charge in [0.2, 0.25) is 0 Å². The minimum atomic E-state index is 0.918. The molecule has 2 heteroatoms. The van der Waals surface area contributed by atoms with E-state index in [1.54, 1.807) is 0 Å². The number of hydrogen-bond donors (Lipinski definition) is 1. The normalized spacial score (nSPS) is 10.4. The Morgan fingerprint density at radius 3 is 2.44 bits per heavy atom. The van der Waals surface area contributed by atoms with Crippen LogP contribution in [0.15, 0.2) is 30.3 Å². The molecule has 1 aromatic heterocycles. The smallest absolute Gasteiger partial charge is 0.0494 e. The largest absolute Gasteiger partial charge is 0.380 e. The molecule has 0 spiro atoms. The molecular weight excluding hydrogens is 214 g/mol. The summed E-state index contributed by atoms with van der Waals surface area (Å²) in [7, 11) is 0. The summed E-state index contributed by atoms with van der Waals surface area (Å²) in [6.45, 7) is 7.35. The van der Waals surface area contributed by atoms with Crippen LogP contribution in [0.2, 0.25) is 0 Å². The molecule has 0 aliphatic heterocycles. The Balaban J connectivity index is 2.02. The molecule has 1 nitrogen and oxygen atoms in total. The first-order chi connectivity index (χ1) is 7.65. The minimum Gasteiger partial charge on any atom is -0.380 e. The molecule has 84 valence electrons. The van der Waals surface area contributed by atoms with Gasteiger partial charge in [-0.1, -0.05) is 6.07 Å². The molecule has 2 rings (SSSR count). The Kier molecular flexibility index (Phi) is 3.30. The van der Waals surface area contributed by atoms with Crippen LogP contribution in [0.5, 0.6) is 0 Å². The monoisotopic (exact) mass is 231 g/mol. The van der Waals surface area contributed by atoms with Crippen molar-refractivity contribution in [2.75, 3.05) is 5.32 Å². The predicted molar refractivity (Wildman–Crippen MR) is 72.3 cm³/mol. The third-order valence-corrected chi connectivity index (χ3v) is 3.77. The van der Waals surface area contributed by atoms with Crippen molar-refractivity contribution in [3.63, 3.8) is 0 Å². The van der Waals surface area contributed by atoms with E-state index in [1.807, 2.05) is 11.3 Å². The number of thiophene rings is 1. The van der Waals surface area contributed by atoms with Gasteiger partial charge in [-0.05, 0) is 56.2 Å². The molecule has 0 aliphatic carbocycles. The molecule has 0 unspecified atom stereocenters. The first-order valence-corrected chi connectivity index (χ1v) is 6.33. The molecule has 0 atom stereocenters. The van der Waals surface area contributed by atoms with Crippen LogP contribution >= 0.6 is 11.3 Å². The van der Waals surface area contributed by atoms with Crippen molar-refractivity contribution in [3.05, 3.63) is 51.2 Å². The summed E-state index contributed by atoms with van der Waals surface area (Å²) < 4.78 is 0. The fourth-order valence-corrected chi connectivity index (χ4v) is 2.45. The topological polar surface area (TPSA) is 12.0 Å². The van der Waals surface area contributed by atoms with Crippen LogP contribution in [-0.2, 0) is 6.54 Å². The Bertz CT molecular complexity index is 485. The van der Waals surface area contributed by atoms with Gasteiger partial charge in [0, 0.05) is 22.0 Å². The van der Waals surface area contributed by atoms with Crippen LogP contribution in [0.3, 0.4) is 0 Å². The van der Waals surface area contributed by atoms with Gasteiger partial charge in [-0.15, -0.1) is 11.3 Å². The summed E-state index contributed by atoms with van der Waals surface area (Å²) in [4.78, 5) is 2.76. The first-order valence-electron chi connectivity index (χ1n) is 5.51. The lowest BCUT2D eigenvalue weighted by Gasteiger charge is -2.07. The van der Waals surface area contributed by atoms with Gasteiger partial charge in [-0.3, -0.25) is 0 Å². The van der Waals surface area contributed by atoms with E-state index in [0.717, 1.165) is 6.54 Å². The molecule has 0 radical (unpaired) electrons. The summed E-state index contributed by atoms with van der Waals surface area (Å²) in [6, 6.07) is 10.9. The standard InChI is InChI=1S/C14H17NS/c1-10-4-6-13(8-11(10)2)15-9-14-7-5-12(3)16-14/h4-8,15H,9H2,1-3H3. The fourth-order valence-electron chi connectivity index (χ4n) is 1.62. The molecule has 0 fully saturated rings. The number of anilines is 1. The van der Waals surface area contributed by atoms with Gasteiger partial charge in [0.05, 0.1) is 0 Å². The molecule has 0 saturated carbocycles. The lowest BCUT2D eigenvalue weighted by atomic mass is 10.1. The van der Waals surface area contributed by atoms with E-state index in [9.17, 15) is 0 Å². The van der Waals surface area contributed by atoms with E-state index < -0.39 is 0 Å². The molecule has 0 amide bonds. The van der Waals surface area contributed by atoms with Gasteiger partial charge < -0.3 is 5.32 Å². The highest BCUT2D eigenvalue weighted by atomic mass is 32.1. The molecule has 0 bridgehead atoms. The van der Waals surface area contributed by atoms with Crippen molar-refractivity contribution in [3.8, 4) is 0 Å². The quantitative estimate of drug-likeness (QED) is 0.831. The van der Waals surface area contributed by atoms with Crippen molar-refractivity contribution >= 4 is 17.0 Å². The van der Waals surface area contributed by atoms with Crippen LogP contribution in [0, 0.1) is 20.8 Å². The molecule has 1 heterocycles. The zero-order chi connectivity index (χ0) is 11.5. The highest BCUT2D eigenvalue weighted by molar-refractivity contribution is 7.11. The molecule has 2 aromatic rings. The van der Waals surface area contributed by atoms with Gasteiger partial charge in [0.25, 0.3) is 0 Å². The summed E-state index contributed by atoms with van der Waals surface area (Å²) in [6.07, 6.45) is 0. The number of aryl methyl sites for hydroxylation is 3. The van der Waals surface area contributed by atoms with Gasteiger partial charge in [-0.2, -0.15) is 0 Å². The maximum absolute atomic E-state index is 3.45. The Morgan fingerprint density at radius 1 is 1.00 bits per heavy atom. The molecule has 1 aromatic carbocycles. The summed E-state index contributed by atoms with van der Waals surface area (Å²) in [5.41, 5.74) is 3.89. The lowest BCUT2D eigenvalue weighted by molar-refractivity contribution is 1.18. The second kappa shape index (κ2) is 4.71. The molecular formula is C14H17NS. The SMILES string of the molecule is Cc1ccc(CNc2ccc(C)c(C)c2)s1. The average Bonchev–Trinajstić information content (AvgIpc) is 2.66. The summed E-state index contributed by atoms with van der Waals surface area (Å²) >= 11 is 1.85. The van der Waals surface area contributed by atoms with Crippen molar-refractivity contribution in [2.24, 2.45) is 0 Å². The van der Waals surface area contributed by atoms with Crippen LogP contribution in [-0.4, -0.2) is 0 Å². The Labute approximate surface area is 101 Å². The van der Waals surface area contributed by atoms with E-state index in [0.29, 0.717) is 0 Å². The maximum Gasteiger partial charge on any atom is 0.0494 e. The van der Waals surface area contributed by atoms with Crippen LogP contribution in [0.4, 0.5) is 5.69 Å². The molecule has 16 heavy (non-hydrogen) atoms. The van der Waals surface area contributed by atoms with Crippen LogP contribution in [0.25, 0.3) is 0 Å². The zero-order valence-electron chi connectivity index (χ0n) is 10.0. The zero-order valence-corrected chi connectivity index (χ0v) is 10.8. The van der Waals surface area contributed by atoms with Crippen molar-refractivity contribution in [1.29, 1.82) is 0 Å². The van der Waals surface area contributed by atoms with Gasteiger partial charge in [0.15, 0.2) is 0 Å². The number of nitrogens with one attached hydrogen (secondary N) is 1. The predicted octanol–water partition coefficient (Wildman–Crippen LogP) is 4.29. The summed E-state index contributed by atoms with van der Waals surface area (Å²) in [5, 5.41) is 3.45. The van der Waals surface area contributed by atoms with E-state index >= 15 is 0 Å². The van der Waals surface area contributed by atoms with Crippen LogP contribution < -0.4 is 5.32 Å². The Hall–Kier alpha value is -1.28. The van der Waals surface area contributed by atoms with E-state index in [1.165, 1.54) is 26.6 Å². The van der Waals surface area contributed by atoms with Crippen molar-refractivity contribution in [2.45, 2.75) is 27.3 Å². The minimum absolute atomic E-state index is 0.918. The second-order valence-electron chi connectivity index (χ2n) is 4.16. The van der Waals surface area contributed by atoms with Gasteiger partial charge >= 0.3 is 0 Å². The molecule has 0 saturated heterocycles. The highest BCUT2D eigenvalue weighted by Gasteiger charge is 1.98. The highest BCUT2D eigenvalue weighted by Crippen LogP contribution is 2.18. The first kappa shape index (κ1) is 11.2. The van der Waals surface area contributed by atoms with Gasteiger partial charge in [0.1, 0.15) is 0 Å². The number of hydrogen-bond acceptors (Lipinski definition) is 2. The Morgan fingerprint density at radius 2 is 1.81 bits per heavy atom. The average molecular weight is 231 g/mol. The van der Waals surface area contributed by atoms with Crippen molar-refractivity contribution < 1.29 is 0 Å². The van der Waals surface area contributed by atoms with Crippen LogP contribution in [0.1, 0.15) is 20.9 Å². The second-order valence-corrected chi connectivity index (χ2v) is 5.54. The lowest BCUT2D eigenvalue weighted by Crippen LogP contribution is -1.97. The van der Waals surface area contributed by atoms with E-state index in [4.69, 9.17) is 0 Å². The maximum atomic E-state index is 3.45. The van der Waals surface area contributed by atoms with Crippen molar-refractivity contribution in [1.82, 2.24) is 0 Å². The number of rotatable bonds is 3. The third-order valence-electron chi connectivity index (χ3n) is 2.77. The van der Waals surface area contributed by atoms with Gasteiger partial charge in [-0.25, -0.2) is 0 Å². The summed E-state index contributed by atoms with van der Waals surface area (Å²) in [5.74, 6) is 0. The molecule has 1 N–H and O–H groups in total.